The van der Waals surface area contributed by atoms with Crippen LogP contribution in [0.3, 0.4) is 0 Å². The van der Waals surface area contributed by atoms with E-state index < -0.39 is 0 Å². The van der Waals surface area contributed by atoms with Crippen LogP contribution in [-0.2, 0) is 6.54 Å². The largest absolute Gasteiger partial charge is 0.331 e. The van der Waals surface area contributed by atoms with Crippen molar-refractivity contribution in [2.45, 2.75) is 6.54 Å². The summed E-state index contributed by atoms with van der Waals surface area (Å²) >= 11 is 1.59. The van der Waals surface area contributed by atoms with Gasteiger partial charge in [0.2, 0.25) is 0 Å². The number of carbonyl (C=O) groups excluding carboxylic acids is 1. The van der Waals surface area contributed by atoms with Crippen LogP contribution in [0.1, 0.15) is 5.01 Å². The maximum Gasteiger partial charge on any atom is 0.319 e. The van der Waals surface area contributed by atoms with Crippen molar-refractivity contribution in [2.75, 3.05) is 5.32 Å². The zero-order valence-corrected chi connectivity index (χ0v) is 14.2. The Labute approximate surface area is 148 Å². The molecule has 0 radical (unpaired) electrons. The molecule has 0 saturated carbocycles. The predicted octanol–water partition coefficient (Wildman–Crippen LogP) is 4.41. The number of anilines is 1. The van der Waals surface area contributed by atoms with E-state index in [1.165, 1.54) is 0 Å². The molecule has 0 aliphatic carbocycles. The number of para-hydroxylation sites is 1. The number of nitrogens with one attached hydrogen (secondary N) is 2. The van der Waals surface area contributed by atoms with Crippen molar-refractivity contribution in [2.24, 2.45) is 0 Å². The number of aromatic nitrogens is 2. The first kappa shape index (κ1) is 15.4. The normalized spacial score (nSPS) is 10.7. The predicted molar refractivity (Wildman–Crippen MR) is 101 cm³/mol. The van der Waals surface area contributed by atoms with Crippen LogP contribution in [-0.4, -0.2) is 15.6 Å². The molecule has 0 fully saturated rings. The zero-order valence-electron chi connectivity index (χ0n) is 13.3. The molecule has 2 aromatic carbocycles. The molecule has 2 N–H and O–H groups in total. The lowest BCUT2D eigenvalue weighted by Crippen LogP contribution is -2.28. The average molecular weight is 348 g/mol. The van der Waals surface area contributed by atoms with Crippen molar-refractivity contribution in [3.05, 3.63) is 78.1 Å². The Morgan fingerprint density at radius 3 is 2.72 bits per heavy atom. The number of hydrogen-bond donors (Lipinski definition) is 2. The van der Waals surface area contributed by atoms with Crippen LogP contribution in [0.4, 0.5) is 10.5 Å². The highest BCUT2D eigenvalue weighted by molar-refractivity contribution is 7.18. The van der Waals surface area contributed by atoms with E-state index in [1.54, 1.807) is 11.3 Å². The molecule has 0 spiro atoms. The standard InChI is InChI=1S/C19H16N4OS/c24-19(20-13-18-22-16-8-1-2-9-17(16)25-18)21-14-6-5-7-15(12-14)23-10-3-4-11-23/h1-12H,13H2,(H2,20,21,24). The van der Waals surface area contributed by atoms with Gasteiger partial charge in [0.15, 0.2) is 0 Å². The van der Waals surface area contributed by atoms with Crippen LogP contribution in [0.5, 0.6) is 0 Å². The highest BCUT2D eigenvalue weighted by Crippen LogP contribution is 2.21. The second-order valence-electron chi connectivity index (χ2n) is 5.52. The van der Waals surface area contributed by atoms with Crippen LogP contribution >= 0.6 is 11.3 Å². The second-order valence-corrected chi connectivity index (χ2v) is 6.64. The molecule has 0 aliphatic heterocycles. The van der Waals surface area contributed by atoms with Crippen molar-refractivity contribution in [3.8, 4) is 5.69 Å². The number of carbonyl (C=O) groups is 1. The summed E-state index contributed by atoms with van der Waals surface area (Å²) in [5.74, 6) is 0. The highest BCUT2D eigenvalue weighted by Gasteiger charge is 2.06. The number of rotatable bonds is 4. The molecule has 0 unspecified atom stereocenters. The van der Waals surface area contributed by atoms with Gasteiger partial charge in [-0.2, -0.15) is 0 Å². The van der Waals surface area contributed by atoms with Crippen molar-refractivity contribution in [1.82, 2.24) is 14.9 Å². The number of amides is 2. The lowest BCUT2D eigenvalue weighted by Gasteiger charge is -2.09. The molecule has 25 heavy (non-hydrogen) atoms. The Morgan fingerprint density at radius 1 is 1.04 bits per heavy atom. The van der Waals surface area contributed by atoms with Gasteiger partial charge in [-0.25, -0.2) is 9.78 Å². The number of thiazole rings is 1. The van der Waals surface area contributed by atoms with Crippen LogP contribution in [0, 0.1) is 0 Å². The van der Waals surface area contributed by atoms with Gasteiger partial charge in [-0.15, -0.1) is 11.3 Å². The molecular weight excluding hydrogens is 332 g/mol. The van der Waals surface area contributed by atoms with E-state index in [9.17, 15) is 4.79 Å². The fourth-order valence-electron chi connectivity index (χ4n) is 2.58. The monoisotopic (exact) mass is 348 g/mol. The molecule has 5 nitrogen and oxygen atoms in total. The van der Waals surface area contributed by atoms with Gasteiger partial charge in [0, 0.05) is 23.8 Å². The minimum absolute atomic E-state index is 0.246. The minimum Gasteiger partial charge on any atom is -0.331 e. The van der Waals surface area contributed by atoms with Gasteiger partial charge in [-0.1, -0.05) is 18.2 Å². The fourth-order valence-corrected chi connectivity index (χ4v) is 3.48. The molecule has 124 valence electrons. The topological polar surface area (TPSA) is 59.0 Å². The summed E-state index contributed by atoms with van der Waals surface area (Å²) in [6.07, 6.45) is 3.93. The molecule has 2 heterocycles. The fraction of sp³-hybridized carbons (Fsp3) is 0.0526. The van der Waals surface area contributed by atoms with Crippen molar-refractivity contribution < 1.29 is 4.79 Å². The van der Waals surface area contributed by atoms with E-state index >= 15 is 0 Å². The molecular formula is C19H16N4OS. The molecule has 0 saturated heterocycles. The van der Waals surface area contributed by atoms with Gasteiger partial charge in [0.1, 0.15) is 5.01 Å². The van der Waals surface area contributed by atoms with E-state index in [0.29, 0.717) is 6.54 Å². The third-order valence-corrected chi connectivity index (χ3v) is 4.78. The SMILES string of the molecule is O=C(NCc1nc2ccccc2s1)Nc1cccc(-n2cccc2)c1. The van der Waals surface area contributed by atoms with Crippen molar-refractivity contribution in [3.63, 3.8) is 0 Å². The van der Waals surface area contributed by atoms with E-state index in [2.05, 4.69) is 15.6 Å². The van der Waals surface area contributed by atoms with E-state index in [1.807, 2.05) is 77.6 Å². The summed E-state index contributed by atoms with van der Waals surface area (Å²) in [6.45, 7) is 0.405. The average Bonchev–Trinajstić information content (AvgIpc) is 3.29. The zero-order chi connectivity index (χ0) is 17.1. The molecule has 2 amide bonds. The summed E-state index contributed by atoms with van der Waals surface area (Å²) in [7, 11) is 0. The van der Waals surface area contributed by atoms with Crippen LogP contribution < -0.4 is 10.6 Å². The highest BCUT2D eigenvalue weighted by atomic mass is 32.1. The van der Waals surface area contributed by atoms with Crippen LogP contribution in [0.25, 0.3) is 15.9 Å². The van der Waals surface area contributed by atoms with Crippen molar-refractivity contribution in [1.29, 1.82) is 0 Å². The quantitative estimate of drug-likeness (QED) is 0.574. The van der Waals surface area contributed by atoms with Gasteiger partial charge in [-0.3, -0.25) is 0 Å². The smallest absolute Gasteiger partial charge is 0.319 e. The third kappa shape index (κ3) is 3.54. The molecule has 4 rings (SSSR count). The van der Waals surface area contributed by atoms with Gasteiger partial charge < -0.3 is 15.2 Å². The third-order valence-electron chi connectivity index (χ3n) is 3.74. The Kier molecular flexibility index (Phi) is 4.18. The Hall–Kier alpha value is -3.12. The van der Waals surface area contributed by atoms with E-state index in [0.717, 1.165) is 26.6 Å². The Morgan fingerprint density at radius 2 is 1.88 bits per heavy atom. The summed E-state index contributed by atoms with van der Waals surface area (Å²) in [5.41, 5.74) is 2.70. The lowest BCUT2D eigenvalue weighted by atomic mass is 10.3. The molecule has 4 aromatic rings. The number of fused-ring (bicyclic) bond motifs is 1. The Balaban J connectivity index is 1.39. The number of nitrogens with zero attached hydrogens (tertiary/aromatic N) is 2. The second kappa shape index (κ2) is 6.78. The summed E-state index contributed by atoms with van der Waals surface area (Å²) in [4.78, 5) is 16.7. The van der Waals surface area contributed by atoms with Crippen LogP contribution in [0.15, 0.2) is 73.1 Å². The molecule has 6 heteroatoms. The first-order valence-electron chi connectivity index (χ1n) is 7.91. The lowest BCUT2D eigenvalue weighted by molar-refractivity contribution is 0.251. The van der Waals surface area contributed by atoms with E-state index in [-0.39, 0.29) is 6.03 Å². The maximum absolute atomic E-state index is 12.1. The van der Waals surface area contributed by atoms with Gasteiger partial charge in [0.25, 0.3) is 0 Å². The van der Waals surface area contributed by atoms with E-state index in [4.69, 9.17) is 0 Å². The first-order chi connectivity index (χ1) is 12.3. The number of urea groups is 1. The number of hydrogen-bond acceptors (Lipinski definition) is 3. The molecule has 0 bridgehead atoms. The Bertz CT molecular complexity index is 974. The van der Waals surface area contributed by atoms with Gasteiger partial charge >= 0.3 is 6.03 Å². The van der Waals surface area contributed by atoms with Gasteiger partial charge in [-0.05, 0) is 42.5 Å². The first-order valence-corrected chi connectivity index (χ1v) is 8.72. The summed E-state index contributed by atoms with van der Waals surface area (Å²) < 4.78 is 3.11. The summed E-state index contributed by atoms with van der Waals surface area (Å²) in [6, 6.07) is 19.3. The molecule has 0 atom stereocenters. The van der Waals surface area contributed by atoms with Gasteiger partial charge in [0.05, 0.1) is 16.8 Å². The number of benzene rings is 2. The maximum atomic E-state index is 12.1. The minimum atomic E-state index is -0.246. The van der Waals surface area contributed by atoms with Crippen molar-refractivity contribution >= 4 is 33.3 Å². The summed E-state index contributed by atoms with van der Waals surface area (Å²) in [5, 5.41) is 6.60. The molecule has 0 aliphatic rings. The molecule has 2 aromatic heterocycles. The van der Waals surface area contributed by atoms with Crippen LogP contribution in [0.2, 0.25) is 0 Å².